The van der Waals surface area contributed by atoms with Crippen molar-refractivity contribution < 1.29 is 9.59 Å². The van der Waals surface area contributed by atoms with Gasteiger partial charge in [-0.15, -0.1) is 0 Å². The monoisotopic (exact) mass is 382 g/mol. The maximum absolute atomic E-state index is 12.0. The van der Waals surface area contributed by atoms with Crippen molar-refractivity contribution in [2.45, 2.75) is 6.92 Å². The fourth-order valence-corrected chi connectivity index (χ4v) is 2.49. The van der Waals surface area contributed by atoms with Crippen molar-refractivity contribution >= 4 is 64.1 Å². The summed E-state index contributed by atoms with van der Waals surface area (Å²) in [4.78, 5) is 23.0. The molecule has 0 aromatic heterocycles. The van der Waals surface area contributed by atoms with E-state index in [0.717, 1.165) is 0 Å². The van der Waals surface area contributed by atoms with E-state index < -0.39 is 0 Å². The van der Waals surface area contributed by atoms with Crippen LogP contribution in [0.4, 0.5) is 11.4 Å². The molecule has 0 unspecified atom stereocenters. The highest BCUT2D eigenvalue weighted by Gasteiger charge is 2.06. The van der Waals surface area contributed by atoms with Gasteiger partial charge in [-0.05, 0) is 35.9 Å². The fourth-order valence-electron chi connectivity index (χ4n) is 1.89. The quantitative estimate of drug-likeness (QED) is 0.708. The lowest BCUT2D eigenvalue weighted by Gasteiger charge is -2.08. The normalized spacial score (nSPS) is 10.7. The van der Waals surface area contributed by atoms with Crippen molar-refractivity contribution in [1.82, 2.24) is 0 Å². The third-order valence-corrected chi connectivity index (χ3v) is 4.09. The van der Waals surface area contributed by atoms with E-state index in [1.807, 2.05) is 0 Å². The van der Waals surface area contributed by atoms with Crippen molar-refractivity contribution in [3.05, 3.63) is 63.1 Å². The van der Waals surface area contributed by atoms with E-state index in [-0.39, 0.29) is 11.8 Å². The molecule has 2 aromatic carbocycles. The van der Waals surface area contributed by atoms with E-state index in [4.69, 9.17) is 34.8 Å². The van der Waals surface area contributed by atoms with Crippen LogP contribution in [0.25, 0.3) is 6.08 Å². The average molecular weight is 384 g/mol. The van der Waals surface area contributed by atoms with Gasteiger partial charge in [-0.2, -0.15) is 0 Å². The molecule has 0 bridgehead atoms. The number of amides is 2. The van der Waals surface area contributed by atoms with Crippen LogP contribution < -0.4 is 10.6 Å². The lowest BCUT2D eigenvalue weighted by atomic mass is 10.2. The Labute approximate surface area is 154 Å². The van der Waals surface area contributed by atoms with E-state index in [1.165, 1.54) is 13.0 Å². The summed E-state index contributed by atoms with van der Waals surface area (Å²) < 4.78 is 0. The number of rotatable bonds is 4. The van der Waals surface area contributed by atoms with Crippen LogP contribution in [0.5, 0.6) is 0 Å². The summed E-state index contributed by atoms with van der Waals surface area (Å²) in [5.41, 5.74) is 1.61. The molecular formula is C17H13Cl3N2O2. The molecule has 0 heterocycles. The van der Waals surface area contributed by atoms with Gasteiger partial charge in [-0.25, -0.2) is 0 Å². The van der Waals surface area contributed by atoms with E-state index in [2.05, 4.69) is 10.6 Å². The molecule has 0 atom stereocenters. The molecule has 2 rings (SSSR count). The molecule has 2 aromatic rings. The first-order valence-electron chi connectivity index (χ1n) is 6.87. The van der Waals surface area contributed by atoms with Gasteiger partial charge in [0.05, 0.1) is 20.8 Å². The number of carbonyl (C=O) groups is 2. The Bertz CT molecular complexity index is 819. The second-order valence-corrected chi connectivity index (χ2v) is 6.03. The molecular weight excluding hydrogens is 371 g/mol. The standard InChI is InChI=1S/C17H13Cl3N2O2/c1-10(23)21-12-6-7-15(14(19)9-12)22-16(24)8-5-11-3-2-4-13(18)17(11)20/h2-9H,1H3,(H,21,23)(H,22,24)/b8-5+. The first kappa shape index (κ1) is 18.3. The lowest BCUT2D eigenvalue weighted by molar-refractivity contribution is -0.114. The van der Waals surface area contributed by atoms with E-state index >= 15 is 0 Å². The second-order valence-electron chi connectivity index (χ2n) is 4.84. The van der Waals surface area contributed by atoms with Crippen molar-refractivity contribution in [3.8, 4) is 0 Å². The van der Waals surface area contributed by atoms with Gasteiger partial charge in [0, 0.05) is 18.7 Å². The van der Waals surface area contributed by atoms with Gasteiger partial charge in [-0.1, -0.05) is 46.9 Å². The Hall–Kier alpha value is -2.01. The molecule has 0 radical (unpaired) electrons. The third kappa shape index (κ3) is 4.99. The number of nitrogens with one attached hydrogen (secondary N) is 2. The fraction of sp³-hybridized carbons (Fsp3) is 0.0588. The molecule has 124 valence electrons. The highest BCUT2D eigenvalue weighted by atomic mass is 35.5. The summed E-state index contributed by atoms with van der Waals surface area (Å²) in [6.45, 7) is 1.40. The molecule has 2 amide bonds. The maximum atomic E-state index is 12.0. The predicted molar refractivity (Wildman–Crippen MR) is 99.9 cm³/mol. The van der Waals surface area contributed by atoms with Crippen LogP contribution in [0.3, 0.4) is 0 Å². The van der Waals surface area contributed by atoms with Gasteiger partial charge in [0.2, 0.25) is 11.8 Å². The molecule has 0 aliphatic rings. The second kappa shape index (κ2) is 8.20. The van der Waals surface area contributed by atoms with E-state index in [9.17, 15) is 9.59 Å². The van der Waals surface area contributed by atoms with E-state index in [0.29, 0.717) is 32.0 Å². The van der Waals surface area contributed by atoms with Crippen LogP contribution in [0.2, 0.25) is 15.1 Å². The summed E-state index contributed by atoms with van der Waals surface area (Å²) in [6.07, 6.45) is 2.89. The number of carbonyl (C=O) groups excluding carboxylic acids is 2. The molecule has 0 aliphatic carbocycles. The third-order valence-electron chi connectivity index (χ3n) is 2.94. The molecule has 4 nitrogen and oxygen atoms in total. The number of hydrogen-bond acceptors (Lipinski definition) is 2. The average Bonchev–Trinajstić information content (AvgIpc) is 2.51. The van der Waals surface area contributed by atoms with Gasteiger partial charge < -0.3 is 10.6 Å². The molecule has 2 N–H and O–H groups in total. The van der Waals surface area contributed by atoms with Crippen LogP contribution in [0.1, 0.15) is 12.5 Å². The molecule has 0 fully saturated rings. The van der Waals surface area contributed by atoms with Crippen LogP contribution >= 0.6 is 34.8 Å². The zero-order valence-electron chi connectivity index (χ0n) is 12.6. The first-order chi connectivity index (χ1) is 11.4. The minimum atomic E-state index is -0.375. The van der Waals surface area contributed by atoms with Crippen LogP contribution in [0, 0.1) is 0 Å². The topological polar surface area (TPSA) is 58.2 Å². The zero-order valence-corrected chi connectivity index (χ0v) is 14.8. The van der Waals surface area contributed by atoms with Crippen LogP contribution in [-0.2, 0) is 9.59 Å². The van der Waals surface area contributed by atoms with Crippen molar-refractivity contribution in [2.24, 2.45) is 0 Å². The van der Waals surface area contributed by atoms with Crippen LogP contribution in [-0.4, -0.2) is 11.8 Å². The molecule has 0 saturated carbocycles. The number of benzene rings is 2. The SMILES string of the molecule is CC(=O)Nc1ccc(NC(=O)/C=C/c2cccc(Cl)c2Cl)c(Cl)c1. The number of anilines is 2. The van der Waals surface area contributed by atoms with Gasteiger partial charge in [-0.3, -0.25) is 9.59 Å². The Balaban J connectivity index is 2.08. The van der Waals surface area contributed by atoms with Gasteiger partial charge >= 0.3 is 0 Å². The predicted octanol–water partition coefficient (Wildman–Crippen LogP) is 5.26. The van der Waals surface area contributed by atoms with Gasteiger partial charge in [0.15, 0.2) is 0 Å². The molecule has 0 spiro atoms. The molecule has 0 aliphatic heterocycles. The maximum Gasteiger partial charge on any atom is 0.248 e. The highest BCUT2D eigenvalue weighted by molar-refractivity contribution is 6.43. The molecule has 24 heavy (non-hydrogen) atoms. The Morgan fingerprint density at radius 2 is 1.75 bits per heavy atom. The summed E-state index contributed by atoms with van der Waals surface area (Å²) >= 11 is 18.1. The summed E-state index contributed by atoms with van der Waals surface area (Å²) in [6, 6.07) is 9.94. The number of halogens is 3. The minimum Gasteiger partial charge on any atom is -0.326 e. The van der Waals surface area contributed by atoms with Gasteiger partial charge in [0.25, 0.3) is 0 Å². The Morgan fingerprint density at radius 1 is 1.00 bits per heavy atom. The van der Waals surface area contributed by atoms with Gasteiger partial charge in [0.1, 0.15) is 0 Å². The van der Waals surface area contributed by atoms with Crippen molar-refractivity contribution in [1.29, 1.82) is 0 Å². The zero-order chi connectivity index (χ0) is 17.7. The van der Waals surface area contributed by atoms with Crippen molar-refractivity contribution in [2.75, 3.05) is 10.6 Å². The smallest absolute Gasteiger partial charge is 0.248 e. The Morgan fingerprint density at radius 3 is 2.42 bits per heavy atom. The highest BCUT2D eigenvalue weighted by Crippen LogP contribution is 2.27. The molecule has 7 heteroatoms. The summed E-state index contributed by atoms with van der Waals surface area (Å²) in [5.74, 6) is -0.579. The minimum absolute atomic E-state index is 0.204. The van der Waals surface area contributed by atoms with E-state index in [1.54, 1.807) is 42.5 Å². The molecule has 0 saturated heterocycles. The Kier molecular flexibility index (Phi) is 6.26. The number of hydrogen-bond donors (Lipinski definition) is 2. The summed E-state index contributed by atoms with van der Waals surface area (Å²) in [5, 5.41) is 6.35. The first-order valence-corrected chi connectivity index (χ1v) is 8.00. The summed E-state index contributed by atoms with van der Waals surface area (Å²) in [7, 11) is 0. The largest absolute Gasteiger partial charge is 0.326 e. The van der Waals surface area contributed by atoms with Crippen molar-refractivity contribution in [3.63, 3.8) is 0 Å². The lowest BCUT2D eigenvalue weighted by Crippen LogP contribution is -2.09. The van der Waals surface area contributed by atoms with Crippen LogP contribution in [0.15, 0.2) is 42.5 Å².